The van der Waals surface area contributed by atoms with Gasteiger partial charge in [-0.05, 0) is 58.5 Å². The number of carbonyl (C=O) groups excluding carboxylic acids is 1. The number of hydrogen-bond acceptors (Lipinski definition) is 2. The fourth-order valence-electron chi connectivity index (χ4n) is 1.45. The van der Waals surface area contributed by atoms with Crippen LogP contribution in [0.5, 0.6) is 0 Å². The summed E-state index contributed by atoms with van der Waals surface area (Å²) in [5, 5.41) is 2.89. The Morgan fingerprint density at radius 3 is 2.72 bits per heavy atom. The van der Waals surface area contributed by atoms with Crippen molar-refractivity contribution in [1.82, 2.24) is 10.3 Å². The molecule has 0 spiro atoms. The van der Waals surface area contributed by atoms with Crippen molar-refractivity contribution in [2.24, 2.45) is 0 Å². The first-order chi connectivity index (χ1) is 8.66. The first-order valence-corrected chi connectivity index (χ1v) is 7.16. The number of benzene rings is 1. The Balaban J connectivity index is 2.06. The monoisotopic (exact) mass is 416 g/mol. The minimum Gasteiger partial charge on any atom is -0.348 e. The summed E-state index contributed by atoms with van der Waals surface area (Å²) < 4.78 is 1.83. The van der Waals surface area contributed by atoms with Gasteiger partial charge in [0, 0.05) is 27.0 Å². The fraction of sp³-hybridized carbons (Fsp3) is 0.0769. The van der Waals surface area contributed by atoms with Crippen LogP contribution in [0, 0.1) is 3.57 Å². The van der Waals surface area contributed by atoms with Crippen LogP contribution in [0.15, 0.2) is 47.2 Å². The third-order valence-electron chi connectivity index (χ3n) is 2.38. The van der Waals surface area contributed by atoms with E-state index in [2.05, 4.69) is 48.8 Å². The van der Waals surface area contributed by atoms with Gasteiger partial charge in [0.25, 0.3) is 5.91 Å². The normalized spacial score (nSPS) is 10.1. The van der Waals surface area contributed by atoms with Gasteiger partial charge in [-0.1, -0.05) is 15.9 Å². The van der Waals surface area contributed by atoms with Crippen LogP contribution in [0.1, 0.15) is 15.9 Å². The summed E-state index contributed by atoms with van der Waals surface area (Å²) in [6.45, 7) is 0.504. The number of nitrogens with one attached hydrogen (secondary N) is 1. The molecule has 1 heterocycles. The molecule has 2 aromatic rings. The van der Waals surface area contributed by atoms with Gasteiger partial charge in [0.15, 0.2) is 0 Å². The van der Waals surface area contributed by atoms with E-state index in [4.69, 9.17) is 0 Å². The zero-order valence-corrected chi connectivity index (χ0v) is 13.1. The predicted molar refractivity (Wildman–Crippen MR) is 82.3 cm³/mol. The Morgan fingerprint density at radius 1 is 1.28 bits per heavy atom. The molecule has 5 heteroatoms. The van der Waals surface area contributed by atoms with E-state index in [0.717, 1.165) is 13.6 Å². The SMILES string of the molecule is O=C(NCc1ccncc1)c1cc(Br)ccc1I. The van der Waals surface area contributed by atoms with E-state index in [1.54, 1.807) is 12.4 Å². The van der Waals surface area contributed by atoms with Gasteiger partial charge < -0.3 is 5.32 Å². The predicted octanol–water partition coefficient (Wildman–Crippen LogP) is 3.38. The van der Waals surface area contributed by atoms with Gasteiger partial charge in [-0.2, -0.15) is 0 Å². The minimum absolute atomic E-state index is 0.0717. The highest BCUT2D eigenvalue weighted by Crippen LogP contribution is 2.18. The van der Waals surface area contributed by atoms with Gasteiger partial charge in [-0.15, -0.1) is 0 Å². The molecule has 1 aromatic carbocycles. The molecule has 1 amide bonds. The van der Waals surface area contributed by atoms with Gasteiger partial charge in [0.1, 0.15) is 0 Å². The molecule has 0 aliphatic rings. The smallest absolute Gasteiger partial charge is 0.252 e. The van der Waals surface area contributed by atoms with E-state index >= 15 is 0 Å². The Labute approximate surface area is 127 Å². The molecule has 0 fully saturated rings. The van der Waals surface area contributed by atoms with Crippen molar-refractivity contribution < 1.29 is 4.79 Å². The number of nitrogens with zero attached hydrogens (tertiary/aromatic N) is 1. The molecule has 18 heavy (non-hydrogen) atoms. The molecule has 0 bridgehead atoms. The lowest BCUT2D eigenvalue weighted by Gasteiger charge is -2.07. The Bertz CT molecular complexity index is 560. The van der Waals surface area contributed by atoms with Crippen LogP contribution in [-0.4, -0.2) is 10.9 Å². The van der Waals surface area contributed by atoms with Crippen LogP contribution >= 0.6 is 38.5 Å². The second kappa shape index (κ2) is 6.29. The van der Waals surface area contributed by atoms with Gasteiger partial charge in [0.05, 0.1) is 5.56 Å². The number of aromatic nitrogens is 1. The third kappa shape index (κ3) is 3.52. The zero-order valence-electron chi connectivity index (χ0n) is 9.36. The maximum absolute atomic E-state index is 12.0. The van der Waals surface area contributed by atoms with E-state index in [9.17, 15) is 4.79 Å². The lowest BCUT2D eigenvalue weighted by atomic mass is 10.2. The highest BCUT2D eigenvalue weighted by atomic mass is 127. The lowest BCUT2D eigenvalue weighted by Crippen LogP contribution is -2.23. The van der Waals surface area contributed by atoms with Crippen LogP contribution in [0.3, 0.4) is 0 Å². The van der Waals surface area contributed by atoms with Crippen LogP contribution in [-0.2, 0) is 6.54 Å². The number of halogens is 2. The molecule has 0 aliphatic heterocycles. The molecule has 1 aromatic heterocycles. The van der Waals surface area contributed by atoms with Crippen LogP contribution < -0.4 is 5.32 Å². The Hall–Kier alpha value is -0.950. The van der Waals surface area contributed by atoms with Crippen molar-refractivity contribution in [2.45, 2.75) is 6.54 Å². The molecular weight excluding hydrogens is 407 g/mol. The average Bonchev–Trinajstić information content (AvgIpc) is 2.40. The van der Waals surface area contributed by atoms with E-state index in [1.165, 1.54) is 0 Å². The first-order valence-electron chi connectivity index (χ1n) is 5.29. The summed E-state index contributed by atoms with van der Waals surface area (Å²) in [6.07, 6.45) is 3.43. The van der Waals surface area contributed by atoms with Crippen molar-refractivity contribution in [3.05, 3.63) is 61.9 Å². The molecule has 0 saturated carbocycles. The van der Waals surface area contributed by atoms with Crippen molar-refractivity contribution in [2.75, 3.05) is 0 Å². The second-order valence-corrected chi connectivity index (χ2v) is 5.74. The topological polar surface area (TPSA) is 42.0 Å². The van der Waals surface area contributed by atoms with Crippen molar-refractivity contribution in [3.63, 3.8) is 0 Å². The molecule has 3 nitrogen and oxygen atoms in total. The largest absolute Gasteiger partial charge is 0.348 e. The maximum Gasteiger partial charge on any atom is 0.252 e. The van der Waals surface area contributed by atoms with Gasteiger partial charge in [-0.25, -0.2) is 0 Å². The van der Waals surface area contributed by atoms with Gasteiger partial charge in [-0.3, -0.25) is 9.78 Å². The highest BCUT2D eigenvalue weighted by Gasteiger charge is 2.09. The van der Waals surface area contributed by atoms with Crippen molar-refractivity contribution in [3.8, 4) is 0 Å². The molecule has 92 valence electrons. The molecule has 0 atom stereocenters. The van der Waals surface area contributed by atoms with E-state index < -0.39 is 0 Å². The highest BCUT2D eigenvalue weighted by molar-refractivity contribution is 14.1. The molecule has 2 rings (SSSR count). The summed E-state index contributed by atoms with van der Waals surface area (Å²) >= 11 is 5.52. The summed E-state index contributed by atoms with van der Waals surface area (Å²) in [5.74, 6) is -0.0717. The molecular formula is C13H10BrIN2O. The van der Waals surface area contributed by atoms with Crippen LogP contribution in [0.25, 0.3) is 0 Å². The zero-order chi connectivity index (χ0) is 13.0. The van der Waals surface area contributed by atoms with E-state index in [0.29, 0.717) is 12.1 Å². The molecule has 0 aliphatic carbocycles. The van der Waals surface area contributed by atoms with Crippen LogP contribution in [0.4, 0.5) is 0 Å². The molecule has 0 radical (unpaired) electrons. The van der Waals surface area contributed by atoms with Gasteiger partial charge >= 0.3 is 0 Å². The van der Waals surface area contributed by atoms with Crippen LogP contribution in [0.2, 0.25) is 0 Å². The lowest BCUT2D eigenvalue weighted by molar-refractivity contribution is 0.0950. The van der Waals surface area contributed by atoms with E-state index in [-0.39, 0.29) is 5.91 Å². The quantitative estimate of drug-likeness (QED) is 0.779. The third-order valence-corrected chi connectivity index (χ3v) is 3.81. The second-order valence-electron chi connectivity index (χ2n) is 3.66. The molecule has 1 N–H and O–H groups in total. The van der Waals surface area contributed by atoms with E-state index in [1.807, 2.05) is 30.3 Å². The molecule has 0 unspecified atom stereocenters. The maximum atomic E-state index is 12.0. The Kier molecular flexibility index (Phi) is 4.71. The fourth-order valence-corrected chi connectivity index (χ4v) is 2.39. The Morgan fingerprint density at radius 2 is 2.00 bits per heavy atom. The number of amides is 1. The molecule has 0 saturated heterocycles. The summed E-state index contributed by atoms with van der Waals surface area (Å²) in [5.41, 5.74) is 1.71. The van der Waals surface area contributed by atoms with Gasteiger partial charge in [0.2, 0.25) is 0 Å². The number of hydrogen-bond donors (Lipinski definition) is 1. The van der Waals surface area contributed by atoms with Crippen molar-refractivity contribution in [1.29, 1.82) is 0 Å². The first kappa shape index (κ1) is 13.5. The average molecular weight is 417 g/mol. The summed E-state index contributed by atoms with van der Waals surface area (Å²) in [6, 6.07) is 9.41. The number of rotatable bonds is 3. The minimum atomic E-state index is -0.0717. The summed E-state index contributed by atoms with van der Waals surface area (Å²) in [4.78, 5) is 16.0. The van der Waals surface area contributed by atoms with Crippen molar-refractivity contribution >= 4 is 44.4 Å². The standard InChI is InChI=1S/C13H10BrIN2O/c14-10-1-2-12(15)11(7-10)13(18)17-8-9-3-5-16-6-4-9/h1-7H,8H2,(H,17,18). The number of pyridine rings is 1. The number of carbonyl (C=O) groups is 1. The summed E-state index contributed by atoms with van der Waals surface area (Å²) in [7, 11) is 0.